The fourth-order valence-corrected chi connectivity index (χ4v) is 4.84. The van der Waals surface area contributed by atoms with Crippen molar-refractivity contribution in [1.29, 1.82) is 0 Å². The Bertz CT molecular complexity index is 579. The molecule has 1 fully saturated rings. The van der Waals surface area contributed by atoms with Crippen molar-refractivity contribution in [3.05, 3.63) is 35.4 Å². The molecule has 0 aromatic heterocycles. The minimum absolute atomic E-state index is 0.0218. The molecular weight excluding hydrogens is 386 g/mol. The van der Waals surface area contributed by atoms with Gasteiger partial charge in [-0.15, -0.1) is 0 Å². The van der Waals surface area contributed by atoms with Crippen molar-refractivity contribution in [2.75, 3.05) is 0 Å². The zero-order chi connectivity index (χ0) is 16.2. The molecule has 22 heavy (non-hydrogen) atoms. The van der Waals surface area contributed by atoms with Crippen LogP contribution in [0.25, 0.3) is 0 Å². The van der Waals surface area contributed by atoms with Gasteiger partial charge in [-0.1, -0.05) is 73.5 Å². The number of halogens is 2. The Labute approximate surface area is 147 Å². The molecule has 0 aliphatic heterocycles. The number of benzene rings is 1. The molecule has 1 unspecified atom stereocenters. The van der Waals surface area contributed by atoms with Crippen LogP contribution in [0.5, 0.6) is 0 Å². The summed E-state index contributed by atoms with van der Waals surface area (Å²) in [7, 11) is -3.72. The van der Waals surface area contributed by atoms with Gasteiger partial charge in [-0.25, -0.2) is 13.1 Å². The highest BCUT2D eigenvalue weighted by Crippen LogP contribution is 2.41. The lowest BCUT2D eigenvalue weighted by Crippen LogP contribution is -2.42. The second-order valence-corrected chi connectivity index (χ2v) is 10.9. The summed E-state index contributed by atoms with van der Waals surface area (Å²) in [6.45, 7) is 1.95. The molecule has 0 heterocycles. The van der Waals surface area contributed by atoms with Crippen LogP contribution in [0.4, 0.5) is 0 Å². The number of rotatable bonds is 4. The summed E-state index contributed by atoms with van der Waals surface area (Å²) in [5, 5.41) is 0. The second kappa shape index (κ2) is 7.65. The van der Waals surface area contributed by atoms with E-state index in [1.54, 1.807) is 12.1 Å². The van der Waals surface area contributed by atoms with Crippen LogP contribution in [0.15, 0.2) is 24.3 Å². The minimum Gasteiger partial charge on any atom is -0.210 e. The Hall–Kier alpha value is -0.100. The first-order valence-electron chi connectivity index (χ1n) is 7.80. The lowest BCUT2D eigenvalue weighted by atomic mass is 9.97. The molecule has 1 aromatic carbocycles. The van der Waals surface area contributed by atoms with Gasteiger partial charge >= 0.3 is 0 Å². The molecule has 0 saturated heterocycles. The van der Waals surface area contributed by atoms with Gasteiger partial charge in [0.25, 0.3) is 0 Å². The Morgan fingerprint density at radius 2 is 1.59 bits per heavy atom. The summed E-state index contributed by atoms with van der Waals surface area (Å²) in [5.74, 6) is 0. The van der Waals surface area contributed by atoms with Crippen LogP contribution in [0.1, 0.15) is 56.1 Å². The molecule has 0 bridgehead atoms. The molecule has 1 N–H and O–H groups in total. The number of hydrogen-bond acceptors (Lipinski definition) is 2. The maximum atomic E-state index is 12.7. The van der Waals surface area contributed by atoms with E-state index in [0.29, 0.717) is 5.56 Å². The fourth-order valence-electron chi connectivity index (χ4n) is 2.77. The van der Waals surface area contributed by atoms with Crippen molar-refractivity contribution < 1.29 is 8.42 Å². The molecule has 124 valence electrons. The molecule has 1 atom stereocenters. The lowest BCUT2D eigenvalue weighted by molar-refractivity contribution is 0.425. The van der Waals surface area contributed by atoms with E-state index < -0.39 is 13.1 Å². The van der Waals surface area contributed by atoms with Gasteiger partial charge in [-0.05, 0) is 35.7 Å². The molecule has 6 heteroatoms. The first kappa shape index (κ1) is 18.2. The van der Waals surface area contributed by atoms with Crippen LogP contribution in [0, 0.1) is 6.92 Å². The van der Waals surface area contributed by atoms with E-state index in [-0.39, 0.29) is 6.04 Å². The van der Waals surface area contributed by atoms with Crippen LogP contribution in [0.3, 0.4) is 0 Å². The summed E-state index contributed by atoms with van der Waals surface area (Å²) in [6.07, 6.45) is 7.50. The maximum Gasteiger partial charge on any atom is 0.246 e. The van der Waals surface area contributed by atoms with Crippen molar-refractivity contribution in [1.82, 2.24) is 4.72 Å². The van der Waals surface area contributed by atoms with E-state index in [1.165, 1.54) is 19.3 Å². The van der Waals surface area contributed by atoms with Crippen LogP contribution >= 0.6 is 27.5 Å². The van der Waals surface area contributed by atoms with Crippen molar-refractivity contribution in [3.8, 4) is 0 Å². The number of hydrogen-bond donors (Lipinski definition) is 1. The Morgan fingerprint density at radius 3 is 2.14 bits per heavy atom. The van der Waals surface area contributed by atoms with Crippen molar-refractivity contribution in [2.24, 2.45) is 0 Å². The van der Waals surface area contributed by atoms with Crippen LogP contribution in [0.2, 0.25) is 0 Å². The smallest absolute Gasteiger partial charge is 0.210 e. The molecule has 1 aromatic rings. The van der Waals surface area contributed by atoms with Gasteiger partial charge in [0.15, 0.2) is 0 Å². The van der Waals surface area contributed by atoms with E-state index in [2.05, 4.69) is 20.7 Å². The first-order chi connectivity index (χ1) is 10.3. The van der Waals surface area contributed by atoms with Gasteiger partial charge in [-0.2, -0.15) is 0 Å². The highest BCUT2D eigenvalue weighted by molar-refractivity contribution is 9.11. The fraction of sp³-hybridized carbons (Fsp3) is 0.625. The normalized spacial score (nSPS) is 20.9. The van der Waals surface area contributed by atoms with Crippen molar-refractivity contribution in [2.45, 2.75) is 61.0 Å². The number of aryl methyl sites for hydroxylation is 1. The van der Waals surface area contributed by atoms with E-state index >= 15 is 0 Å². The van der Waals surface area contributed by atoms with E-state index in [1.807, 2.05) is 19.1 Å². The van der Waals surface area contributed by atoms with Crippen LogP contribution in [-0.2, 0) is 13.1 Å². The molecule has 1 aliphatic rings. The zero-order valence-corrected chi connectivity index (χ0v) is 16.0. The predicted octanol–water partition coefficient (Wildman–Crippen LogP) is 4.77. The molecule has 0 spiro atoms. The van der Waals surface area contributed by atoms with Gasteiger partial charge in [0, 0.05) is 11.6 Å². The zero-order valence-electron chi connectivity index (χ0n) is 12.8. The summed E-state index contributed by atoms with van der Waals surface area (Å²) in [6, 6.07) is 7.19. The minimum atomic E-state index is -3.72. The summed E-state index contributed by atoms with van der Waals surface area (Å²) in [5.41, 5.74) is 1.59. The van der Waals surface area contributed by atoms with E-state index in [9.17, 15) is 8.42 Å². The predicted molar refractivity (Wildman–Crippen MR) is 95.8 cm³/mol. The number of nitrogens with one attached hydrogen (secondary N) is 1. The third kappa shape index (κ3) is 4.47. The second-order valence-electron chi connectivity index (χ2n) is 6.05. The van der Waals surface area contributed by atoms with Crippen molar-refractivity contribution >= 4 is 37.6 Å². The van der Waals surface area contributed by atoms with Gasteiger partial charge < -0.3 is 0 Å². The molecule has 0 amide bonds. The molecule has 1 saturated carbocycles. The maximum absolute atomic E-state index is 12.7. The highest BCUT2D eigenvalue weighted by atomic mass is 79.9. The number of alkyl halides is 2. The molecular formula is C16H23BrClNO2S. The summed E-state index contributed by atoms with van der Waals surface area (Å²) < 4.78 is 26.6. The molecule has 1 aliphatic carbocycles. The van der Waals surface area contributed by atoms with E-state index in [0.717, 1.165) is 31.2 Å². The van der Waals surface area contributed by atoms with Gasteiger partial charge in [0.05, 0.1) is 0 Å². The molecule has 3 nitrogen and oxygen atoms in total. The average Bonchev–Trinajstić information content (AvgIpc) is 2.42. The van der Waals surface area contributed by atoms with Crippen LogP contribution < -0.4 is 4.72 Å². The standard InChI is InChI=1S/C16H23BrClNO2S/c1-13-9-11-14(12-10-13)16(17,18)22(20,21)19-15-7-5-3-2-4-6-8-15/h9-12,15,19H,2-8H2,1H3. The Kier molecular flexibility index (Phi) is 6.34. The van der Waals surface area contributed by atoms with Crippen LogP contribution in [-0.4, -0.2) is 14.5 Å². The summed E-state index contributed by atoms with van der Waals surface area (Å²) >= 11 is 9.58. The van der Waals surface area contributed by atoms with Gasteiger partial charge in [0.2, 0.25) is 13.1 Å². The summed E-state index contributed by atoms with van der Waals surface area (Å²) in [4.78, 5) is 0. The Balaban J connectivity index is 2.15. The lowest BCUT2D eigenvalue weighted by Gasteiger charge is -2.27. The third-order valence-electron chi connectivity index (χ3n) is 4.15. The molecule has 2 rings (SSSR count). The third-order valence-corrected chi connectivity index (χ3v) is 8.27. The monoisotopic (exact) mass is 407 g/mol. The van der Waals surface area contributed by atoms with Gasteiger partial charge in [-0.3, -0.25) is 0 Å². The quantitative estimate of drug-likeness (QED) is 0.729. The van der Waals surface area contributed by atoms with Gasteiger partial charge in [0.1, 0.15) is 0 Å². The Morgan fingerprint density at radius 1 is 1.09 bits per heavy atom. The number of sulfonamides is 1. The van der Waals surface area contributed by atoms with Crippen molar-refractivity contribution in [3.63, 3.8) is 0 Å². The first-order valence-corrected chi connectivity index (χ1v) is 10.5. The molecule has 0 radical (unpaired) electrons. The highest BCUT2D eigenvalue weighted by Gasteiger charge is 2.42. The topological polar surface area (TPSA) is 46.2 Å². The average molecular weight is 409 g/mol. The van der Waals surface area contributed by atoms with E-state index in [4.69, 9.17) is 11.6 Å². The largest absolute Gasteiger partial charge is 0.246 e. The SMILES string of the molecule is Cc1ccc(C(Cl)(Br)S(=O)(=O)NC2CCCCCCC2)cc1.